The summed E-state index contributed by atoms with van der Waals surface area (Å²) in [5.74, 6) is 2.66. The molecule has 6 nitrogen and oxygen atoms in total. The maximum absolute atomic E-state index is 5.63. The van der Waals surface area contributed by atoms with E-state index < -0.39 is 0 Å². The Labute approximate surface area is 166 Å². The van der Waals surface area contributed by atoms with E-state index >= 15 is 0 Å². The van der Waals surface area contributed by atoms with Crippen LogP contribution in [-0.2, 0) is 11.2 Å². The first-order valence-electron chi connectivity index (χ1n) is 8.81. The Kier molecular flexibility index (Phi) is 8.47. The fraction of sp³-hybridized carbons (Fsp3) is 0.556. The normalized spacial score (nSPS) is 14.4. The molecule has 25 heavy (non-hydrogen) atoms. The summed E-state index contributed by atoms with van der Waals surface area (Å²) in [5, 5.41) is 6.63. The van der Waals surface area contributed by atoms with Crippen LogP contribution < -0.4 is 10.6 Å². The molecule has 1 aliphatic carbocycles. The third-order valence-corrected chi connectivity index (χ3v) is 4.12. The van der Waals surface area contributed by atoms with Gasteiger partial charge in [-0.05, 0) is 37.3 Å². The number of imidazole rings is 1. The summed E-state index contributed by atoms with van der Waals surface area (Å²) in [7, 11) is 1.79. The monoisotopic (exact) mass is 457 g/mol. The summed E-state index contributed by atoms with van der Waals surface area (Å²) in [6.07, 6.45) is 4.52. The van der Waals surface area contributed by atoms with Gasteiger partial charge in [0.1, 0.15) is 5.82 Å². The number of aromatic nitrogens is 2. The minimum Gasteiger partial charge on any atom is -0.381 e. The van der Waals surface area contributed by atoms with Crippen LogP contribution in [0.1, 0.15) is 25.1 Å². The fourth-order valence-electron chi connectivity index (χ4n) is 2.56. The van der Waals surface area contributed by atoms with Crippen molar-refractivity contribution >= 4 is 41.0 Å². The summed E-state index contributed by atoms with van der Waals surface area (Å²) in [6, 6.07) is 8.09. The lowest BCUT2D eigenvalue weighted by molar-refractivity contribution is 0.123. The molecule has 3 rings (SSSR count). The van der Waals surface area contributed by atoms with Crippen LogP contribution in [0.25, 0.3) is 11.0 Å². The minimum absolute atomic E-state index is 0. The number of rotatable bonds is 9. The van der Waals surface area contributed by atoms with Crippen molar-refractivity contribution < 1.29 is 4.74 Å². The number of halogens is 1. The summed E-state index contributed by atoms with van der Waals surface area (Å²) in [6.45, 7) is 3.41. The average Bonchev–Trinajstić information content (AvgIpc) is 3.33. The molecule has 138 valence electrons. The van der Waals surface area contributed by atoms with Crippen LogP contribution >= 0.6 is 24.0 Å². The molecule has 1 saturated carbocycles. The summed E-state index contributed by atoms with van der Waals surface area (Å²) < 4.78 is 5.63. The highest BCUT2D eigenvalue weighted by Crippen LogP contribution is 2.28. The predicted octanol–water partition coefficient (Wildman–Crippen LogP) is 2.71. The molecule has 7 heteroatoms. The number of H-pyrrole nitrogens is 1. The Bertz CT molecular complexity index is 635. The van der Waals surface area contributed by atoms with E-state index in [1.54, 1.807) is 7.05 Å². The standard InChI is InChI=1S/C18H27N5O.HI/c1-19-18(20-10-4-12-24-13-14-7-8-14)21-11-9-17-22-15-5-2-3-6-16(15)23-17;/h2-3,5-6,14H,4,7-13H2,1H3,(H,22,23)(H2,19,20,21);1H. The molecule has 0 atom stereocenters. The molecule has 1 aromatic heterocycles. The Morgan fingerprint density at radius 2 is 2.08 bits per heavy atom. The van der Waals surface area contributed by atoms with E-state index in [0.717, 1.165) is 67.9 Å². The maximum atomic E-state index is 5.63. The van der Waals surface area contributed by atoms with Crippen molar-refractivity contribution in [3.63, 3.8) is 0 Å². The van der Waals surface area contributed by atoms with Gasteiger partial charge in [0.15, 0.2) is 5.96 Å². The second kappa shape index (κ2) is 10.6. The van der Waals surface area contributed by atoms with E-state index in [-0.39, 0.29) is 24.0 Å². The zero-order valence-electron chi connectivity index (χ0n) is 14.8. The van der Waals surface area contributed by atoms with Crippen molar-refractivity contribution in [2.75, 3.05) is 33.4 Å². The first kappa shape index (κ1) is 20.0. The highest BCUT2D eigenvalue weighted by atomic mass is 127. The van der Waals surface area contributed by atoms with Crippen LogP contribution in [0.4, 0.5) is 0 Å². The van der Waals surface area contributed by atoms with Gasteiger partial charge >= 0.3 is 0 Å². The first-order chi connectivity index (χ1) is 11.8. The van der Waals surface area contributed by atoms with E-state index in [1.165, 1.54) is 12.8 Å². The minimum atomic E-state index is 0. The number of para-hydroxylation sites is 2. The number of ether oxygens (including phenoxy) is 1. The first-order valence-corrected chi connectivity index (χ1v) is 8.81. The Hall–Kier alpha value is -1.35. The molecule has 2 aromatic rings. The number of fused-ring (bicyclic) bond motifs is 1. The summed E-state index contributed by atoms with van der Waals surface area (Å²) in [5.41, 5.74) is 2.10. The van der Waals surface area contributed by atoms with Gasteiger partial charge in [0.25, 0.3) is 0 Å². The highest BCUT2D eigenvalue weighted by Gasteiger charge is 2.20. The second-order valence-corrected chi connectivity index (χ2v) is 6.25. The number of benzene rings is 1. The lowest BCUT2D eigenvalue weighted by Crippen LogP contribution is -2.39. The third-order valence-electron chi connectivity index (χ3n) is 4.12. The van der Waals surface area contributed by atoms with Gasteiger partial charge < -0.3 is 20.4 Å². The van der Waals surface area contributed by atoms with Crippen molar-refractivity contribution in [2.24, 2.45) is 10.9 Å². The van der Waals surface area contributed by atoms with E-state index in [0.29, 0.717) is 0 Å². The molecule has 3 N–H and O–H groups in total. The predicted molar refractivity (Wildman–Crippen MR) is 113 cm³/mol. The molecule has 0 bridgehead atoms. The third kappa shape index (κ3) is 6.81. The van der Waals surface area contributed by atoms with Crippen LogP contribution in [-0.4, -0.2) is 49.3 Å². The molecule has 1 fully saturated rings. The highest BCUT2D eigenvalue weighted by molar-refractivity contribution is 14.0. The molecule has 0 amide bonds. The quantitative estimate of drug-likeness (QED) is 0.234. The van der Waals surface area contributed by atoms with Crippen molar-refractivity contribution in [2.45, 2.75) is 25.7 Å². The SMILES string of the molecule is CN=C(NCCCOCC1CC1)NCCc1nc2ccccc2[nH]1.I. The molecule has 0 aliphatic heterocycles. The van der Waals surface area contributed by atoms with Gasteiger partial charge in [0, 0.05) is 39.8 Å². The molecule has 0 radical (unpaired) electrons. The number of guanidine groups is 1. The van der Waals surface area contributed by atoms with Crippen molar-refractivity contribution in [3.05, 3.63) is 30.1 Å². The average molecular weight is 457 g/mol. The number of nitrogens with one attached hydrogen (secondary N) is 3. The molecule has 0 unspecified atom stereocenters. The van der Waals surface area contributed by atoms with Gasteiger partial charge in [-0.1, -0.05) is 12.1 Å². The molecule has 1 heterocycles. The van der Waals surface area contributed by atoms with E-state index in [1.807, 2.05) is 24.3 Å². The molecule has 0 spiro atoms. The van der Waals surface area contributed by atoms with Crippen molar-refractivity contribution in [1.82, 2.24) is 20.6 Å². The number of hydrogen-bond donors (Lipinski definition) is 3. The fourth-order valence-corrected chi connectivity index (χ4v) is 2.56. The molecule has 1 aromatic carbocycles. The van der Waals surface area contributed by atoms with Crippen LogP contribution in [0.3, 0.4) is 0 Å². The van der Waals surface area contributed by atoms with Crippen molar-refractivity contribution in [1.29, 1.82) is 0 Å². The number of hydrogen-bond acceptors (Lipinski definition) is 3. The van der Waals surface area contributed by atoms with Gasteiger partial charge in [0.05, 0.1) is 11.0 Å². The van der Waals surface area contributed by atoms with Gasteiger partial charge in [-0.25, -0.2) is 4.98 Å². The Morgan fingerprint density at radius 1 is 1.28 bits per heavy atom. The second-order valence-electron chi connectivity index (χ2n) is 6.25. The van der Waals surface area contributed by atoms with Gasteiger partial charge in [-0.15, -0.1) is 24.0 Å². The molecule has 1 aliphatic rings. The number of aromatic amines is 1. The lowest BCUT2D eigenvalue weighted by atomic mass is 10.3. The van der Waals surface area contributed by atoms with Crippen LogP contribution in [0.5, 0.6) is 0 Å². The van der Waals surface area contributed by atoms with Crippen LogP contribution in [0.15, 0.2) is 29.3 Å². The maximum Gasteiger partial charge on any atom is 0.190 e. The zero-order valence-corrected chi connectivity index (χ0v) is 17.1. The number of aliphatic imine (C=N–C) groups is 1. The van der Waals surface area contributed by atoms with Gasteiger partial charge in [-0.2, -0.15) is 0 Å². The van der Waals surface area contributed by atoms with E-state index in [4.69, 9.17) is 4.74 Å². The van der Waals surface area contributed by atoms with Crippen LogP contribution in [0, 0.1) is 5.92 Å². The van der Waals surface area contributed by atoms with Crippen molar-refractivity contribution in [3.8, 4) is 0 Å². The van der Waals surface area contributed by atoms with Gasteiger partial charge in [0.2, 0.25) is 0 Å². The molecular formula is C18H28IN5O. The van der Waals surface area contributed by atoms with E-state index in [9.17, 15) is 0 Å². The zero-order chi connectivity index (χ0) is 16.6. The van der Waals surface area contributed by atoms with Crippen LogP contribution in [0.2, 0.25) is 0 Å². The smallest absolute Gasteiger partial charge is 0.190 e. The largest absolute Gasteiger partial charge is 0.381 e. The lowest BCUT2D eigenvalue weighted by Gasteiger charge is -2.11. The topological polar surface area (TPSA) is 74.3 Å². The Balaban J connectivity index is 0.00000225. The van der Waals surface area contributed by atoms with Gasteiger partial charge in [-0.3, -0.25) is 4.99 Å². The number of nitrogens with zero attached hydrogens (tertiary/aromatic N) is 2. The summed E-state index contributed by atoms with van der Waals surface area (Å²) >= 11 is 0. The van der Waals surface area contributed by atoms with E-state index in [2.05, 4.69) is 25.6 Å². The molecular weight excluding hydrogens is 429 g/mol. The Morgan fingerprint density at radius 3 is 2.84 bits per heavy atom. The summed E-state index contributed by atoms with van der Waals surface area (Å²) in [4.78, 5) is 12.2. The molecule has 0 saturated heterocycles.